The summed E-state index contributed by atoms with van der Waals surface area (Å²) in [5.74, 6) is 0.0324. The van der Waals surface area contributed by atoms with Crippen LogP contribution in [0, 0.1) is 5.82 Å². The second-order valence-electron chi connectivity index (χ2n) is 4.43. The maximum atomic E-state index is 12.9. The molecule has 2 rings (SSSR count). The van der Waals surface area contributed by atoms with Gasteiger partial charge in [-0.3, -0.25) is 4.79 Å². The van der Waals surface area contributed by atoms with Crippen molar-refractivity contribution in [1.29, 1.82) is 0 Å². The summed E-state index contributed by atoms with van der Waals surface area (Å²) in [5, 5.41) is 3.02. The summed E-state index contributed by atoms with van der Waals surface area (Å²) in [5.41, 5.74) is 0.685. The van der Waals surface area contributed by atoms with Gasteiger partial charge in [-0.05, 0) is 37.0 Å². The Bertz CT molecular complexity index is 400. The standard InChI is InChI=1S/C13H15ClFNO/c14-9-6-12(17)16-13(7-1-8-13)10-2-4-11(15)5-3-10/h2-5H,1,6-9H2,(H,16,17). The van der Waals surface area contributed by atoms with Crippen molar-refractivity contribution in [3.63, 3.8) is 0 Å². The van der Waals surface area contributed by atoms with Crippen molar-refractivity contribution >= 4 is 17.5 Å². The molecule has 0 unspecified atom stereocenters. The maximum absolute atomic E-state index is 12.9. The Morgan fingerprint density at radius 3 is 2.47 bits per heavy atom. The minimum Gasteiger partial charge on any atom is -0.347 e. The monoisotopic (exact) mass is 255 g/mol. The van der Waals surface area contributed by atoms with Crippen LogP contribution in [0.1, 0.15) is 31.2 Å². The highest BCUT2D eigenvalue weighted by molar-refractivity contribution is 6.18. The molecule has 4 heteroatoms. The molecule has 1 aliphatic rings. The third kappa shape index (κ3) is 2.60. The number of amides is 1. The molecule has 1 amide bonds. The van der Waals surface area contributed by atoms with Gasteiger partial charge in [-0.1, -0.05) is 12.1 Å². The van der Waals surface area contributed by atoms with E-state index >= 15 is 0 Å². The summed E-state index contributed by atoms with van der Waals surface area (Å²) in [6.45, 7) is 0. The molecule has 1 saturated carbocycles. The lowest BCUT2D eigenvalue weighted by Gasteiger charge is -2.43. The molecule has 1 aromatic rings. The Balaban J connectivity index is 2.14. The maximum Gasteiger partial charge on any atom is 0.221 e. The van der Waals surface area contributed by atoms with Crippen LogP contribution >= 0.6 is 11.6 Å². The van der Waals surface area contributed by atoms with Gasteiger partial charge < -0.3 is 5.32 Å². The van der Waals surface area contributed by atoms with Gasteiger partial charge in [0.2, 0.25) is 5.91 Å². The highest BCUT2D eigenvalue weighted by atomic mass is 35.5. The Hall–Kier alpha value is -1.09. The van der Waals surface area contributed by atoms with Gasteiger partial charge in [-0.25, -0.2) is 4.39 Å². The first-order chi connectivity index (χ1) is 8.16. The van der Waals surface area contributed by atoms with E-state index in [1.165, 1.54) is 12.1 Å². The molecule has 92 valence electrons. The van der Waals surface area contributed by atoms with Gasteiger partial charge in [-0.2, -0.15) is 0 Å². The highest BCUT2D eigenvalue weighted by Gasteiger charge is 2.39. The largest absolute Gasteiger partial charge is 0.347 e. The van der Waals surface area contributed by atoms with Crippen LogP contribution in [0.25, 0.3) is 0 Å². The summed E-state index contributed by atoms with van der Waals surface area (Å²) in [6.07, 6.45) is 3.22. The van der Waals surface area contributed by atoms with Crippen molar-refractivity contribution in [2.75, 3.05) is 5.88 Å². The van der Waals surface area contributed by atoms with E-state index in [0.29, 0.717) is 12.3 Å². The summed E-state index contributed by atoms with van der Waals surface area (Å²) in [6, 6.07) is 6.36. The average Bonchev–Trinajstić information content (AvgIpc) is 2.25. The fraction of sp³-hybridized carbons (Fsp3) is 0.462. The lowest BCUT2D eigenvalue weighted by atomic mass is 9.71. The van der Waals surface area contributed by atoms with Crippen LogP contribution in [0.5, 0.6) is 0 Å². The van der Waals surface area contributed by atoms with E-state index in [4.69, 9.17) is 11.6 Å². The van der Waals surface area contributed by atoms with Crippen molar-refractivity contribution in [2.45, 2.75) is 31.2 Å². The van der Waals surface area contributed by atoms with E-state index in [9.17, 15) is 9.18 Å². The van der Waals surface area contributed by atoms with Crippen LogP contribution in [0.4, 0.5) is 4.39 Å². The Labute approximate surface area is 105 Å². The zero-order chi connectivity index (χ0) is 12.3. The van der Waals surface area contributed by atoms with Crippen LogP contribution in [0.2, 0.25) is 0 Å². The molecule has 0 radical (unpaired) electrons. The predicted molar refractivity (Wildman–Crippen MR) is 65.4 cm³/mol. The molecular weight excluding hydrogens is 241 g/mol. The first kappa shape index (κ1) is 12.4. The van der Waals surface area contributed by atoms with Gasteiger partial charge in [0.25, 0.3) is 0 Å². The van der Waals surface area contributed by atoms with Crippen molar-refractivity contribution < 1.29 is 9.18 Å². The third-order valence-corrected chi connectivity index (χ3v) is 3.49. The predicted octanol–water partition coefficient (Wildman–Crippen LogP) is 2.95. The number of rotatable bonds is 4. The molecule has 0 bridgehead atoms. The zero-order valence-electron chi connectivity index (χ0n) is 9.51. The smallest absolute Gasteiger partial charge is 0.221 e. The molecular formula is C13H15ClFNO. The van der Waals surface area contributed by atoms with Gasteiger partial charge in [0.05, 0.1) is 5.54 Å². The molecule has 0 heterocycles. The Morgan fingerprint density at radius 1 is 1.35 bits per heavy atom. The second-order valence-corrected chi connectivity index (χ2v) is 4.81. The first-order valence-corrected chi connectivity index (χ1v) is 6.33. The zero-order valence-corrected chi connectivity index (χ0v) is 10.3. The summed E-state index contributed by atoms with van der Waals surface area (Å²) < 4.78 is 12.9. The molecule has 17 heavy (non-hydrogen) atoms. The molecule has 1 aromatic carbocycles. The van der Waals surface area contributed by atoms with Crippen LogP contribution in [-0.4, -0.2) is 11.8 Å². The minimum absolute atomic E-state index is 0.0379. The Morgan fingerprint density at radius 2 is 2.00 bits per heavy atom. The summed E-state index contributed by atoms with van der Waals surface area (Å²) in [4.78, 5) is 11.6. The van der Waals surface area contributed by atoms with E-state index < -0.39 is 0 Å². The number of halogens is 2. The van der Waals surface area contributed by atoms with E-state index in [1.54, 1.807) is 12.1 Å². The third-order valence-electron chi connectivity index (χ3n) is 3.30. The quantitative estimate of drug-likeness (QED) is 0.824. The van der Waals surface area contributed by atoms with Crippen LogP contribution < -0.4 is 5.32 Å². The first-order valence-electron chi connectivity index (χ1n) is 5.79. The van der Waals surface area contributed by atoms with E-state index in [2.05, 4.69) is 5.32 Å². The van der Waals surface area contributed by atoms with Gasteiger partial charge in [0.15, 0.2) is 0 Å². The normalized spacial score (nSPS) is 17.3. The Kier molecular flexibility index (Phi) is 3.67. The number of carbonyl (C=O) groups is 1. The molecule has 1 aliphatic carbocycles. The van der Waals surface area contributed by atoms with Gasteiger partial charge in [0.1, 0.15) is 5.82 Å². The van der Waals surface area contributed by atoms with Crippen molar-refractivity contribution in [1.82, 2.24) is 5.32 Å². The van der Waals surface area contributed by atoms with Crippen molar-refractivity contribution in [2.24, 2.45) is 0 Å². The van der Waals surface area contributed by atoms with Crippen LogP contribution in [0.3, 0.4) is 0 Å². The topological polar surface area (TPSA) is 29.1 Å². The molecule has 0 spiro atoms. The molecule has 0 aliphatic heterocycles. The van der Waals surface area contributed by atoms with Gasteiger partial charge >= 0.3 is 0 Å². The van der Waals surface area contributed by atoms with Gasteiger partial charge in [-0.15, -0.1) is 11.6 Å². The lowest BCUT2D eigenvalue weighted by Crippen LogP contribution is -2.50. The molecule has 0 atom stereocenters. The molecule has 1 fully saturated rings. The fourth-order valence-corrected chi connectivity index (χ4v) is 2.37. The lowest BCUT2D eigenvalue weighted by molar-refractivity contribution is -0.123. The van der Waals surface area contributed by atoms with Crippen LogP contribution in [-0.2, 0) is 10.3 Å². The van der Waals surface area contributed by atoms with Crippen molar-refractivity contribution in [3.05, 3.63) is 35.6 Å². The number of alkyl halides is 1. The van der Waals surface area contributed by atoms with E-state index in [1.807, 2.05) is 0 Å². The fourth-order valence-electron chi connectivity index (χ4n) is 2.20. The van der Waals surface area contributed by atoms with Gasteiger partial charge in [0, 0.05) is 12.3 Å². The molecule has 0 saturated heterocycles. The molecule has 1 N–H and O–H groups in total. The number of hydrogen-bond acceptors (Lipinski definition) is 1. The minimum atomic E-state index is -0.295. The molecule has 0 aromatic heterocycles. The summed E-state index contributed by atoms with van der Waals surface area (Å²) >= 11 is 5.54. The highest BCUT2D eigenvalue weighted by Crippen LogP contribution is 2.41. The SMILES string of the molecule is O=C(CCCl)NC1(c2ccc(F)cc2)CCC1. The molecule has 2 nitrogen and oxygen atoms in total. The number of benzene rings is 1. The van der Waals surface area contributed by atoms with Crippen LogP contribution in [0.15, 0.2) is 24.3 Å². The van der Waals surface area contributed by atoms with E-state index in [-0.39, 0.29) is 17.3 Å². The average molecular weight is 256 g/mol. The number of carbonyl (C=O) groups excluding carboxylic acids is 1. The summed E-state index contributed by atoms with van der Waals surface area (Å²) in [7, 11) is 0. The number of nitrogens with one attached hydrogen (secondary N) is 1. The van der Waals surface area contributed by atoms with E-state index in [0.717, 1.165) is 24.8 Å². The second kappa shape index (κ2) is 5.05. The number of hydrogen-bond donors (Lipinski definition) is 1. The van der Waals surface area contributed by atoms with Crippen molar-refractivity contribution in [3.8, 4) is 0 Å².